The van der Waals surface area contributed by atoms with Crippen LogP contribution in [0, 0.1) is 22.7 Å². The van der Waals surface area contributed by atoms with Crippen molar-refractivity contribution in [2.75, 3.05) is 0 Å². The zero-order chi connectivity index (χ0) is 26.6. The van der Waals surface area contributed by atoms with Gasteiger partial charge in [0.15, 0.2) is 11.6 Å². The van der Waals surface area contributed by atoms with Gasteiger partial charge >= 0.3 is 0 Å². The number of pyridine rings is 1. The predicted octanol–water partition coefficient (Wildman–Crippen LogP) is 4.86. The second kappa shape index (κ2) is 10.1. The third-order valence-electron chi connectivity index (χ3n) is 5.85. The molecule has 0 atom stereocenters. The van der Waals surface area contributed by atoms with Crippen LogP contribution in [0.3, 0.4) is 0 Å². The molecule has 2 heterocycles. The highest BCUT2D eigenvalue weighted by Crippen LogP contribution is 2.36. The first-order chi connectivity index (χ1) is 18.5. The van der Waals surface area contributed by atoms with Crippen molar-refractivity contribution in [1.82, 2.24) is 14.6 Å². The Morgan fingerprint density at radius 3 is 2.37 bits per heavy atom. The largest absolute Gasteiger partial charge is 0.507 e. The molecule has 0 aliphatic carbocycles. The van der Waals surface area contributed by atoms with Crippen molar-refractivity contribution in [2.24, 2.45) is 10.1 Å². The number of H-pyrrole nitrogens is 1. The molecule has 0 spiro atoms. The minimum Gasteiger partial charge on any atom is -0.507 e. The first-order valence-electron chi connectivity index (χ1n) is 11.5. The van der Waals surface area contributed by atoms with Crippen LogP contribution in [0.4, 0.5) is 5.82 Å². The first-order valence-corrected chi connectivity index (χ1v) is 11.5. The van der Waals surface area contributed by atoms with Gasteiger partial charge in [-0.3, -0.25) is 4.79 Å². The van der Waals surface area contributed by atoms with Crippen molar-refractivity contribution in [3.05, 3.63) is 112 Å². The molecule has 0 aliphatic rings. The lowest BCUT2D eigenvalue weighted by Crippen LogP contribution is -2.23. The van der Waals surface area contributed by atoms with Gasteiger partial charge in [0.05, 0.1) is 11.0 Å². The highest BCUT2D eigenvalue weighted by atomic mass is 16.3. The average molecular weight is 498 g/mol. The van der Waals surface area contributed by atoms with E-state index in [9.17, 15) is 20.4 Å². The minimum atomic E-state index is -0.791. The summed E-state index contributed by atoms with van der Waals surface area (Å²) in [5.41, 5.74) is 1.50. The highest BCUT2D eigenvalue weighted by molar-refractivity contribution is 5.98. The molecule has 5 rings (SSSR count). The molecule has 0 radical (unpaired) electrons. The van der Waals surface area contributed by atoms with Gasteiger partial charge < -0.3 is 10.1 Å². The van der Waals surface area contributed by atoms with E-state index < -0.39 is 5.56 Å². The summed E-state index contributed by atoms with van der Waals surface area (Å²) in [4.78, 5) is 25.8. The Kier molecular flexibility index (Phi) is 6.33. The van der Waals surface area contributed by atoms with Crippen LogP contribution in [-0.2, 0) is 0 Å². The molecule has 0 unspecified atom stereocenters. The number of rotatable bonds is 5. The zero-order valence-electron chi connectivity index (χ0n) is 20.1. The summed E-state index contributed by atoms with van der Waals surface area (Å²) in [5.74, 6) is 0.143. The third kappa shape index (κ3) is 4.32. The number of aromatic amines is 1. The molecule has 3 aromatic carbocycles. The summed E-state index contributed by atoms with van der Waals surface area (Å²) in [5, 5.41) is 35.2. The number of nitrogens with zero attached hydrogens (tertiary/aromatic N) is 6. The van der Waals surface area contributed by atoms with Gasteiger partial charge in [-0.2, -0.15) is 20.3 Å². The molecule has 5 aromatic rings. The number of para-hydroxylation sites is 3. The molecule has 0 aliphatic heterocycles. The van der Waals surface area contributed by atoms with Crippen LogP contribution < -0.4 is 5.56 Å². The van der Waals surface area contributed by atoms with Gasteiger partial charge in [-0.05, 0) is 30.7 Å². The quantitative estimate of drug-likeness (QED) is 0.333. The predicted molar refractivity (Wildman–Crippen MR) is 145 cm³/mol. The molecular formula is C29H19N7O2. The fourth-order valence-corrected chi connectivity index (χ4v) is 4.02. The van der Waals surface area contributed by atoms with Crippen LogP contribution in [0.25, 0.3) is 22.2 Å². The Labute approximate surface area is 216 Å². The van der Waals surface area contributed by atoms with Crippen LogP contribution in [0.5, 0.6) is 5.75 Å². The summed E-state index contributed by atoms with van der Waals surface area (Å²) >= 11 is 0. The Balaban J connectivity index is 1.81. The molecule has 0 saturated carbocycles. The van der Waals surface area contributed by atoms with E-state index in [0.717, 1.165) is 21.3 Å². The molecule has 0 amide bonds. The number of benzene rings is 3. The van der Waals surface area contributed by atoms with Crippen LogP contribution in [0.1, 0.15) is 29.4 Å². The number of nitrogens with one attached hydrogen (secondary N) is 1. The standard InChI is InChI=1S/C29H19N7O2/c1-18(27-33-23-12-6-7-13-24(23)34-27)35-36-28(32-17-19-9-3-2-4-10-19)21(15-30)26(22(16-31)29(36)38)20-11-5-8-14-25(20)37/h2-14,17,37H,1H3,(H,33,34). The summed E-state index contributed by atoms with van der Waals surface area (Å²) in [7, 11) is 0. The number of phenols is 1. The molecule has 0 fully saturated rings. The summed E-state index contributed by atoms with van der Waals surface area (Å²) < 4.78 is 0.933. The Bertz CT molecular complexity index is 1850. The lowest BCUT2D eigenvalue weighted by atomic mass is 9.96. The van der Waals surface area contributed by atoms with Gasteiger partial charge in [-0.1, -0.05) is 60.7 Å². The molecule has 38 heavy (non-hydrogen) atoms. The number of fused-ring (bicyclic) bond motifs is 1. The number of phenolic OH excluding ortho intramolecular Hbond substituents is 1. The molecule has 2 N–H and O–H groups in total. The summed E-state index contributed by atoms with van der Waals surface area (Å²) in [6.45, 7) is 1.66. The molecule has 0 saturated heterocycles. The molecule has 9 heteroatoms. The van der Waals surface area contributed by atoms with Crippen LogP contribution in [0.2, 0.25) is 0 Å². The average Bonchev–Trinajstić information content (AvgIpc) is 3.38. The maximum absolute atomic E-state index is 13.7. The molecule has 9 nitrogen and oxygen atoms in total. The number of aromatic nitrogens is 3. The summed E-state index contributed by atoms with van der Waals surface area (Å²) in [6, 6.07) is 26.7. The zero-order valence-corrected chi connectivity index (χ0v) is 20.1. The van der Waals surface area contributed by atoms with E-state index in [1.165, 1.54) is 18.3 Å². The van der Waals surface area contributed by atoms with E-state index >= 15 is 0 Å². The number of hydrogen-bond donors (Lipinski definition) is 2. The monoisotopic (exact) mass is 497 g/mol. The van der Waals surface area contributed by atoms with Gasteiger partial charge in [0.25, 0.3) is 5.56 Å². The Morgan fingerprint density at radius 1 is 0.974 bits per heavy atom. The van der Waals surface area contributed by atoms with Gasteiger partial charge in [0, 0.05) is 17.3 Å². The van der Waals surface area contributed by atoms with E-state index in [1.54, 1.807) is 19.1 Å². The van der Waals surface area contributed by atoms with Crippen molar-refractivity contribution in [1.29, 1.82) is 10.5 Å². The highest BCUT2D eigenvalue weighted by Gasteiger charge is 2.25. The molecule has 0 bridgehead atoms. The van der Waals surface area contributed by atoms with E-state index in [1.807, 2.05) is 60.7 Å². The normalized spacial score (nSPS) is 11.5. The van der Waals surface area contributed by atoms with Crippen LogP contribution in [0.15, 0.2) is 93.8 Å². The van der Waals surface area contributed by atoms with Crippen molar-refractivity contribution in [3.63, 3.8) is 0 Å². The molecule has 2 aromatic heterocycles. The Morgan fingerprint density at radius 2 is 1.66 bits per heavy atom. The molecule has 182 valence electrons. The number of aliphatic imine (C=N–C) groups is 1. The van der Waals surface area contributed by atoms with Crippen molar-refractivity contribution in [3.8, 4) is 29.0 Å². The van der Waals surface area contributed by atoms with Gasteiger partial charge in [-0.25, -0.2) is 9.98 Å². The van der Waals surface area contributed by atoms with E-state index in [4.69, 9.17) is 0 Å². The van der Waals surface area contributed by atoms with Crippen LogP contribution >= 0.6 is 0 Å². The van der Waals surface area contributed by atoms with E-state index in [0.29, 0.717) is 11.5 Å². The number of imidazole rings is 1. The van der Waals surface area contributed by atoms with E-state index in [2.05, 4.69) is 26.1 Å². The van der Waals surface area contributed by atoms with Gasteiger partial charge in [0.1, 0.15) is 34.7 Å². The lowest BCUT2D eigenvalue weighted by molar-refractivity contribution is 0.477. The first kappa shape index (κ1) is 23.9. The molecular weight excluding hydrogens is 478 g/mol. The maximum Gasteiger partial charge on any atom is 0.291 e. The van der Waals surface area contributed by atoms with Crippen molar-refractivity contribution >= 4 is 28.8 Å². The Hall–Kier alpha value is -5.80. The fourth-order valence-electron chi connectivity index (χ4n) is 4.02. The second-order valence-electron chi connectivity index (χ2n) is 8.26. The lowest BCUT2D eigenvalue weighted by Gasteiger charge is -2.14. The van der Waals surface area contributed by atoms with Gasteiger partial charge in [-0.15, -0.1) is 0 Å². The third-order valence-corrected chi connectivity index (χ3v) is 5.85. The van der Waals surface area contributed by atoms with Crippen LogP contribution in [-0.4, -0.2) is 31.7 Å². The van der Waals surface area contributed by atoms with E-state index in [-0.39, 0.29) is 33.8 Å². The minimum absolute atomic E-state index is 0.00819. The van der Waals surface area contributed by atoms with Crippen molar-refractivity contribution in [2.45, 2.75) is 6.92 Å². The van der Waals surface area contributed by atoms with Gasteiger partial charge in [0.2, 0.25) is 0 Å². The number of hydrogen-bond acceptors (Lipinski definition) is 7. The second-order valence-corrected chi connectivity index (χ2v) is 8.26. The van der Waals surface area contributed by atoms with Crippen molar-refractivity contribution < 1.29 is 5.11 Å². The summed E-state index contributed by atoms with van der Waals surface area (Å²) in [6.07, 6.45) is 1.50. The number of aromatic hydroxyl groups is 1. The smallest absolute Gasteiger partial charge is 0.291 e. The number of nitriles is 2. The maximum atomic E-state index is 13.7. The topological polar surface area (TPSA) is 143 Å². The fraction of sp³-hybridized carbons (Fsp3) is 0.0345. The SMILES string of the molecule is CC(=Nn1c(N=Cc2ccccc2)c(C#N)c(-c2ccccc2O)c(C#N)c1=O)c1nc2ccccc2[nH]1.